The molecule has 75 heavy (non-hydrogen) atoms. The minimum Gasteiger partial charge on any atom is -0.493 e. The number of ether oxygens (including phenoxy) is 3. The van der Waals surface area contributed by atoms with E-state index in [1.807, 2.05) is 0 Å². The molecule has 0 atom stereocenters. The van der Waals surface area contributed by atoms with Crippen LogP contribution in [-0.2, 0) is 14.3 Å². The van der Waals surface area contributed by atoms with E-state index in [0.717, 1.165) is 17.2 Å². The van der Waals surface area contributed by atoms with Gasteiger partial charge < -0.3 is 28.2 Å². The molecule has 2 aromatic heterocycles. The number of aliphatic hydroxyl groups excluding tert-OH is 1. The Morgan fingerprint density at radius 3 is 1.15 bits per heavy atom. The number of carbonyl (C=O) groups is 2. The fourth-order valence-corrected chi connectivity index (χ4v) is 6.31. The van der Waals surface area contributed by atoms with Crippen molar-refractivity contribution in [1.82, 2.24) is 0 Å². The lowest BCUT2D eigenvalue weighted by atomic mass is 9.95. The van der Waals surface area contributed by atoms with Crippen LogP contribution in [0.5, 0.6) is 11.5 Å². The van der Waals surface area contributed by atoms with Gasteiger partial charge >= 0.3 is 53.3 Å². The van der Waals surface area contributed by atoms with Crippen LogP contribution in [0.1, 0.15) is 25.7 Å². The molecule has 25 heteroatoms. The molecule has 408 valence electrons. The quantitative estimate of drug-likeness (QED) is 0.0293. The predicted molar refractivity (Wildman–Crippen MR) is 242 cm³/mol. The maximum atomic E-state index is 14.1. The first-order chi connectivity index (χ1) is 34.8. The van der Waals surface area contributed by atoms with Gasteiger partial charge in [0.05, 0.1) is 39.1 Å². The third-order valence-electron chi connectivity index (χ3n) is 10.5. The van der Waals surface area contributed by atoms with Crippen molar-refractivity contribution in [2.24, 2.45) is 0 Å². The summed E-state index contributed by atoms with van der Waals surface area (Å²) >= 11 is 4.71. The average molecular weight is 1110 g/mol. The van der Waals surface area contributed by atoms with E-state index in [0.29, 0.717) is 34.0 Å². The summed E-state index contributed by atoms with van der Waals surface area (Å²) in [6.45, 7) is 0.641. The van der Waals surface area contributed by atoms with Crippen LogP contribution in [0.15, 0.2) is 143 Å². The van der Waals surface area contributed by atoms with E-state index in [2.05, 4.69) is 17.9 Å². The Kier molecular flexibility index (Phi) is 19.7. The van der Waals surface area contributed by atoms with E-state index in [9.17, 15) is 79.8 Å². The monoisotopic (exact) mass is 1110 g/mol. The smallest absolute Gasteiger partial charge is 0.378 e. The molecule has 0 aliphatic rings. The first-order valence-electron chi connectivity index (χ1n) is 21.5. The zero-order valence-corrected chi connectivity index (χ0v) is 39.1. The second kappa shape index (κ2) is 24.3. The molecule has 0 aliphatic carbocycles. The van der Waals surface area contributed by atoms with E-state index in [-0.39, 0.29) is 17.1 Å². The Morgan fingerprint density at radius 2 is 0.827 bits per heavy atom. The summed E-state index contributed by atoms with van der Waals surface area (Å²) in [5, 5.41) is 9.10. The molecule has 0 radical (unpaired) electrons. The topological polar surface area (TPSA) is 108 Å². The molecule has 0 saturated heterocycles. The van der Waals surface area contributed by atoms with Gasteiger partial charge in [-0.1, -0.05) is 73.8 Å². The summed E-state index contributed by atoms with van der Waals surface area (Å²) in [6.07, 6.45) is -6.61. The van der Waals surface area contributed by atoms with E-state index in [4.69, 9.17) is 35.0 Å². The molecule has 0 saturated carbocycles. The number of alkyl halides is 16. The lowest BCUT2D eigenvalue weighted by molar-refractivity contribution is -0.368. The van der Waals surface area contributed by atoms with Gasteiger partial charge in [-0.25, -0.2) is 4.79 Å². The molecule has 1 N–H and O–H groups in total. The van der Waals surface area contributed by atoms with Crippen LogP contribution in [0.3, 0.4) is 0 Å². The minimum atomic E-state index is -6.47. The standard InChI is InChI=1S/C25H20F8O4.C22H18F8O3.C3H3ClO/c1-2-21(34)36-13-11-23(28,29)25(32,33)24(30,31)22(26,27)10-12-35-18-9-8-17-14-19(37-20(17)15-18)16-6-4-3-5-7-16;23-19(24,8-10-31)21(27,28)22(29,30)20(25,26)9-11-32-16-7-6-15-12-17(33-18(15)13-16)14-4-2-1-3-5-14;1-2-3(4)5/h2-9,14-15H,1,10-13H2;1-7,12-13,31H,8-11H2;2H,1H2. The molecule has 2 heterocycles. The Bertz CT molecular complexity index is 2850. The summed E-state index contributed by atoms with van der Waals surface area (Å²) in [7, 11) is 0. The van der Waals surface area contributed by atoms with Gasteiger partial charge in [0.1, 0.15) is 34.2 Å². The van der Waals surface area contributed by atoms with E-state index in [1.165, 1.54) is 36.4 Å². The number of aliphatic hydroxyl groups is 1. The Balaban J connectivity index is 0.000000299. The second-order valence-electron chi connectivity index (χ2n) is 15.8. The Labute approximate surface area is 420 Å². The Hall–Kier alpha value is -6.69. The van der Waals surface area contributed by atoms with Crippen LogP contribution in [0.2, 0.25) is 0 Å². The third-order valence-corrected chi connectivity index (χ3v) is 10.7. The number of hydrogen-bond acceptors (Lipinski definition) is 8. The fraction of sp³-hybridized carbons (Fsp3) is 0.320. The normalized spacial score (nSPS) is 12.8. The maximum absolute atomic E-state index is 14.1. The highest BCUT2D eigenvalue weighted by Gasteiger charge is 2.81. The van der Waals surface area contributed by atoms with Gasteiger partial charge in [0.2, 0.25) is 5.24 Å². The van der Waals surface area contributed by atoms with Crippen LogP contribution in [0.4, 0.5) is 70.2 Å². The largest absolute Gasteiger partial charge is 0.493 e. The molecule has 8 nitrogen and oxygen atoms in total. The predicted octanol–water partition coefficient (Wildman–Crippen LogP) is 15.3. The molecule has 6 rings (SSSR count). The van der Waals surface area contributed by atoms with Gasteiger partial charge in [0.25, 0.3) is 0 Å². The molecular weight excluding hydrogens is 1070 g/mol. The summed E-state index contributed by atoms with van der Waals surface area (Å²) in [6, 6.07) is 29.5. The zero-order chi connectivity index (χ0) is 56.3. The lowest BCUT2D eigenvalue weighted by Crippen LogP contribution is -2.62. The van der Waals surface area contributed by atoms with Gasteiger partial charge in [-0.15, -0.1) is 0 Å². The highest BCUT2D eigenvalue weighted by atomic mass is 35.5. The molecule has 6 aromatic rings. The number of carbonyl (C=O) groups excluding carboxylic acids is 2. The molecular formula is C50H41ClF16O8. The fourth-order valence-electron chi connectivity index (χ4n) is 6.31. The lowest BCUT2D eigenvalue weighted by Gasteiger charge is -2.36. The highest BCUT2D eigenvalue weighted by Crippen LogP contribution is 2.56. The number of halogens is 17. The molecule has 0 aliphatic heterocycles. The van der Waals surface area contributed by atoms with Crippen molar-refractivity contribution in [3.63, 3.8) is 0 Å². The highest BCUT2D eigenvalue weighted by molar-refractivity contribution is 6.66. The third kappa shape index (κ3) is 14.2. The van der Waals surface area contributed by atoms with Crippen LogP contribution in [0, 0.1) is 0 Å². The van der Waals surface area contributed by atoms with Crippen LogP contribution < -0.4 is 9.47 Å². The van der Waals surface area contributed by atoms with Crippen molar-refractivity contribution in [2.75, 3.05) is 26.4 Å². The van der Waals surface area contributed by atoms with Crippen molar-refractivity contribution < 1.29 is 108 Å². The molecule has 0 bridgehead atoms. The number of rotatable bonds is 23. The summed E-state index contributed by atoms with van der Waals surface area (Å²) in [5.74, 6) is -48.4. The minimum absolute atomic E-state index is 0.0760. The second-order valence-corrected chi connectivity index (χ2v) is 16.1. The number of esters is 1. The number of furan rings is 2. The van der Waals surface area contributed by atoms with E-state index >= 15 is 0 Å². The van der Waals surface area contributed by atoms with Gasteiger partial charge in [-0.3, -0.25) is 4.79 Å². The SMILES string of the molecule is C=CC(=O)Cl.C=CC(=O)OCCC(F)(F)C(F)(F)C(F)(F)C(F)(F)CCOc1ccc2cc(-c3ccccc3)oc2c1.OCCC(F)(F)C(F)(F)C(F)(F)C(F)(F)CCOc1ccc2cc(-c3ccccc3)oc2c1. The first kappa shape index (κ1) is 60.9. The van der Waals surface area contributed by atoms with Gasteiger partial charge in [0, 0.05) is 53.1 Å². The van der Waals surface area contributed by atoms with Crippen LogP contribution in [0.25, 0.3) is 44.6 Å². The number of hydrogen-bond donors (Lipinski definition) is 1. The van der Waals surface area contributed by atoms with Crippen LogP contribution in [-0.4, -0.2) is 90.1 Å². The zero-order valence-electron chi connectivity index (χ0n) is 38.3. The van der Waals surface area contributed by atoms with Crippen molar-refractivity contribution >= 4 is 44.8 Å². The molecule has 4 aromatic carbocycles. The molecule has 0 spiro atoms. The van der Waals surface area contributed by atoms with Gasteiger partial charge in [0.15, 0.2) is 0 Å². The summed E-state index contributed by atoms with van der Waals surface area (Å²) in [4.78, 5) is 20.3. The molecule has 0 amide bonds. The van der Waals surface area contributed by atoms with Crippen molar-refractivity contribution in [1.29, 1.82) is 0 Å². The number of allylic oxidation sites excluding steroid dienone is 1. The van der Waals surface area contributed by atoms with E-state index < -0.39 is 111 Å². The van der Waals surface area contributed by atoms with Crippen LogP contribution >= 0.6 is 11.6 Å². The first-order valence-corrected chi connectivity index (χ1v) is 21.9. The molecule has 0 unspecified atom stereocenters. The van der Waals surface area contributed by atoms with Gasteiger partial charge in [-0.2, -0.15) is 70.2 Å². The summed E-state index contributed by atoms with van der Waals surface area (Å²) < 4.78 is 246. The van der Waals surface area contributed by atoms with Crippen molar-refractivity contribution in [3.05, 3.63) is 135 Å². The van der Waals surface area contributed by atoms with Crippen molar-refractivity contribution in [3.8, 4) is 34.1 Å². The average Bonchev–Trinajstić information content (AvgIpc) is 3.99. The maximum Gasteiger partial charge on any atom is 0.378 e. The van der Waals surface area contributed by atoms with E-state index in [1.54, 1.807) is 72.8 Å². The number of benzene rings is 4. The Morgan fingerprint density at radius 1 is 0.493 bits per heavy atom. The van der Waals surface area contributed by atoms with Gasteiger partial charge in [-0.05, 0) is 54.1 Å². The number of fused-ring (bicyclic) bond motifs is 2. The summed E-state index contributed by atoms with van der Waals surface area (Å²) in [5.41, 5.74) is 2.08. The molecule has 0 fully saturated rings. The van der Waals surface area contributed by atoms with Crippen molar-refractivity contribution in [2.45, 2.75) is 73.1 Å².